The molecule has 3 aliphatic carbocycles. The third kappa shape index (κ3) is 3.52. The molecule has 4 aliphatic rings. The number of fused-ring (bicyclic) bond motifs is 1. The fourth-order valence-electron chi connectivity index (χ4n) is 6.05. The van der Waals surface area contributed by atoms with E-state index >= 15 is 0 Å². The SMILES string of the molecule is Cc1ccc(S(=O)(=O)N2CC[C@@H]3[C@@H](C4=CCCCC4)C(C4=CCCCC4)=C[C@@H]32)cc1. The summed E-state index contributed by atoms with van der Waals surface area (Å²) in [5.41, 5.74) is 5.63. The van der Waals surface area contributed by atoms with Crippen LogP contribution in [0.3, 0.4) is 0 Å². The van der Waals surface area contributed by atoms with E-state index in [1.165, 1.54) is 56.1 Å². The van der Waals surface area contributed by atoms with Gasteiger partial charge in [0.25, 0.3) is 0 Å². The highest BCUT2D eigenvalue weighted by molar-refractivity contribution is 7.89. The molecule has 30 heavy (non-hydrogen) atoms. The van der Waals surface area contributed by atoms with E-state index in [0.29, 0.717) is 23.3 Å². The number of aryl methyl sites for hydroxylation is 1. The minimum atomic E-state index is -3.47. The van der Waals surface area contributed by atoms with E-state index in [0.717, 1.165) is 18.4 Å². The molecule has 1 fully saturated rings. The van der Waals surface area contributed by atoms with Crippen molar-refractivity contribution in [1.82, 2.24) is 4.31 Å². The molecule has 5 rings (SSSR count). The molecule has 0 aromatic heterocycles. The van der Waals surface area contributed by atoms with Gasteiger partial charge in [0.2, 0.25) is 10.0 Å². The van der Waals surface area contributed by atoms with E-state index in [2.05, 4.69) is 18.2 Å². The first-order valence-electron chi connectivity index (χ1n) is 11.7. The molecule has 3 atom stereocenters. The van der Waals surface area contributed by atoms with Crippen molar-refractivity contribution >= 4 is 10.0 Å². The predicted molar refractivity (Wildman–Crippen MR) is 122 cm³/mol. The van der Waals surface area contributed by atoms with Crippen LogP contribution >= 0.6 is 0 Å². The largest absolute Gasteiger partial charge is 0.243 e. The molecule has 1 aromatic rings. The van der Waals surface area contributed by atoms with Crippen LogP contribution in [0.15, 0.2) is 64.1 Å². The lowest BCUT2D eigenvalue weighted by Crippen LogP contribution is -2.36. The van der Waals surface area contributed by atoms with Crippen molar-refractivity contribution in [2.45, 2.75) is 75.6 Å². The monoisotopic (exact) mass is 423 g/mol. The molecule has 1 aromatic carbocycles. The fraction of sp³-hybridized carbons (Fsp3) is 0.538. The van der Waals surface area contributed by atoms with E-state index < -0.39 is 10.0 Å². The Kier molecular flexibility index (Phi) is 5.49. The van der Waals surface area contributed by atoms with Gasteiger partial charge in [0.1, 0.15) is 0 Å². The van der Waals surface area contributed by atoms with Gasteiger partial charge in [-0.25, -0.2) is 8.42 Å². The Hall–Kier alpha value is -1.65. The Bertz CT molecular complexity index is 1000. The third-order valence-corrected chi connectivity index (χ3v) is 9.49. The van der Waals surface area contributed by atoms with E-state index in [4.69, 9.17) is 0 Å². The molecule has 0 bridgehead atoms. The van der Waals surface area contributed by atoms with E-state index in [1.54, 1.807) is 22.0 Å². The van der Waals surface area contributed by atoms with Gasteiger partial charge in [-0.05, 0) is 93.9 Å². The molecule has 1 heterocycles. The van der Waals surface area contributed by atoms with Gasteiger partial charge in [0.15, 0.2) is 0 Å². The Morgan fingerprint density at radius 1 is 0.933 bits per heavy atom. The quantitative estimate of drug-likeness (QED) is 0.563. The summed E-state index contributed by atoms with van der Waals surface area (Å²) >= 11 is 0. The minimum Gasteiger partial charge on any atom is -0.207 e. The van der Waals surface area contributed by atoms with Crippen LogP contribution in [0.25, 0.3) is 0 Å². The maximum absolute atomic E-state index is 13.5. The molecule has 3 nitrogen and oxygen atoms in total. The lowest BCUT2D eigenvalue weighted by molar-refractivity contribution is 0.371. The van der Waals surface area contributed by atoms with Crippen LogP contribution in [0.4, 0.5) is 0 Å². The van der Waals surface area contributed by atoms with Crippen molar-refractivity contribution in [3.8, 4) is 0 Å². The van der Waals surface area contributed by atoms with Crippen LogP contribution in [0.5, 0.6) is 0 Å². The molecular formula is C26H33NO2S. The number of nitrogens with zero attached hydrogens (tertiary/aromatic N) is 1. The molecule has 0 saturated carbocycles. The Morgan fingerprint density at radius 2 is 1.67 bits per heavy atom. The summed E-state index contributed by atoms with van der Waals surface area (Å²) in [5.74, 6) is 0.824. The second kappa shape index (κ2) is 8.12. The van der Waals surface area contributed by atoms with E-state index in [9.17, 15) is 8.42 Å². The standard InChI is InChI=1S/C26H33NO2S/c1-19-12-14-22(15-13-19)30(28,29)27-17-16-23-25(27)18-24(20-8-4-2-5-9-20)26(23)21-10-6-3-7-11-21/h8,10,12-15,18,23,25-26H,2-7,9,11,16-17H2,1H3/t23-,25-,26+/m0/s1. The van der Waals surface area contributed by atoms with Gasteiger partial charge in [-0.2, -0.15) is 4.31 Å². The number of sulfonamides is 1. The molecule has 1 saturated heterocycles. The van der Waals surface area contributed by atoms with Gasteiger partial charge in [0.05, 0.1) is 4.90 Å². The average Bonchev–Trinajstić information content (AvgIpc) is 3.35. The normalized spacial score (nSPS) is 29.9. The van der Waals surface area contributed by atoms with Crippen LogP contribution in [0, 0.1) is 18.8 Å². The van der Waals surface area contributed by atoms with E-state index in [1.807, 2.05) is 19.1 Å². The molecule has 0 N–H and O–H groups in total. The summed E-state index contributed by atoms with van der Waals surface area (Å²) in [5, 5.41) is 0. The third-order valence-electron chi connectivity index (χ3n) is 7.58. The number of allylic oxidation sites excluding steroid dienone is 5. The van der Waals surface area contributed by atoms with Gasteiger partial charge in [0, 0.05) is 18.5 Å². The number of benzene rings is 1. The smallest absolute Gasteiger partial charge is 0.207 e. The summed E-state index contributed by atoms with van der Waals surface area (Å²) in [6.07, 6.45) is 18.0. The first kappa shape index (κ1) is 20.3. The van der Waals surface area contributed by atoms with Crippen LogP contribution in [-0.4, -0.2) is 25.3 Å². The van der Waals surface area contributed by atoms with E-state index in [-0.39, 0.29) is 6.04 Å². The Morgan fingerprint density at radius 3 is 2.33 bits per heavy atom. The fourth-order valence-corrected chi connectivity index (χ4v) is 7.69. The number of hydrogen-bond acceptors (Lipinski definition) is 2. The number of rotatable bonds is 4. The zero-order valence-corrected chi connectivity index (χ0v) is 18.8. The lowest BCUT2D eigenvalue weighted by Gasteiger charge is -2.29. The zero-order valence-electron chi connectivity index (χ0n) is 18.0. The molecule has 1 aliphatic heterocycles. The molecule has 0 radical (unpaired) electrons. The van der Waals surface area contributed by atoms with Gasteiger partial charge < -0.3 is 0 Å². The number of hydrogen-bond donors (Lipinski definition) is 0. The van der Waals surface area contributed by atoms with Gasteiger partial charge in [-0.3, -0.25) is 0 Å². The Labute approximate surface area is 181 Å². The summed E-state index contributed by atoms with van der Waals surface area (Å²) in [6.45, 7) is 2.63. The van der Waals surface area contributed by atoms with Gasteiger partial charge >= 0.3 is 0 Å². The maximum atomic E-state index is 13.5. The van der Waals surface area contributed by atoms with Crippen molar-refractivity contribution in [3.63, 3.8) is 0 Å². The van der Waals surface area contributed by atoms with Crippen molar-refractivity contribution in [1.29, 1.82) is 0 Å². The minimum absolute atomic E-state index is 0.00181. The van der Waals surface area contributed by atoms with Crippen LogP contribution in [-0.2, 0) is 10.0 Å². The molecule has 0 amide bonds. The van der Waals surface area contributed by atoms with Crippen LogP contribution in [0.2, 0.25) is 0 Å². The molecule has 0 spiro atoms. The van der Waals surface area contributed by atoms with Crippen molar-refractivity contribution in [3.05, 3.63) is 64.8 Å². The maximum Gasteiger partial charge on any atom is 0.243 e. The highest BCUT2D eigenvalue weighted by Crippen LogP contribution is 2.51. The topological polar surface area (TPSA) is 37.4 Å². The summed E-state index contributed by atoms with van der Waals surface area (Å²) in [6, 6.07) is 7.34. The van der Waals surface area contributed by atoms with Crippen LogP contribution < -0.4 is 0 Å². The first-order valence-corrected chi connectivity index (χ1v) is 13.2. The second-order valence-electron chi connectivity index (χ2n) is 9.47. The van der Waals surface area contributed by atoms with Crippen molar-refractivity contribution < 1.29 is 8.42 Å². The summed E-state index contributed by atoms with van der Waals surface area (Å²) in [4.78, 5) is 0.431. The van der Waals surface area contributed by atoms with Crippen molar-refractivity contribution in [2.75, 3.05) is 6.54 Å². The lowest BCUT2D eigenvalue weighted by atomic mass is 9.75. The van der Waals surface area contributed by atoms with Crippen LogP contribution in [0.1, 0.15) is 63.4 Å². The zero-order chi connectivity index (χ0) is 20.7. The Balaban J connectivity index is 1.52. The molecule has 160 valence electrons. The first-order chi connectivity index (χ1) is 14.6. The summed E-state index contributed by atoms with van der Waals surface area (Å²) < 4.78 is 28.8. The molecular weight excluding hydrogens is 390 g/mol. The van der Waals surface area contributed by atoms with Crippen molar-refractivity contribution in [2.24, 2.45) is 11.8 Å². The second-order valence-corrected chi connectivity index (χ2v) is 11.4. The average molecular weight is 424 g/mol. The summed E-state index contributed by atoms with van der Waals surface area (Å²) in [7, 11) is -3.47. The van der Waals surface area contributed by atoms with Gasteiger partial charge in [-0.1, -0.05) is 41.5 Å². The molecule has 4 heteroatoms. The highest BCUT2D eigenvalue weighted by atomic mass is 32.2. The molecule has 0 unspecified atom stereocenters. The van der Waals surface area contributed by atoms with Gasteiger partial charge in [-0.15, -0.1) is 0 Å². The highest BCUT2D eigenvalue weighted by Gasteiger charge is 2.49. The predicted octanol–water partition coefficient (Wildman–Crippen LogP) is 5.93.